The number of ether oxygens (including phenoxy) is 2. The zero-order chi connectivity index (χ0) is 11.4. The minimum absolute atomic E-state index is 0.118. The van der Waals surface area contributed by atoms with Gasteiger partial charge in [-0.05, 0) is 12.0 Å². The highest BCUT2D eigenvalue weighted by Gasteiger charge is 2.13. The van der Waals surface area contributed by atoms with Gasteiger partial charge < -0.3 is 9.47 Å². The molecule has 0 radical (unpaired) electrons. The van der Waals surface area contributed by atoms with Crippen molar-refractivity contribution in [3.63, 3.8) is 0 Å². The third-order valence-corrected chi connectivity index (χ3v) is 2.63. The average molecular weight is 277 g/mol. The standard InChI is InChI=1S/C11H14BrFO2/c1-7(2)11-9(12)4-8(5-10(11)13)15-6-14-3/h4-5,7H,6H2,1-3H3. The summed E-state index contributed by atoms with van der Waals surface area (Å²) in [7, 11) is 1.52. The Morgan fingerprint density at radius 1 is 1.40 bits per heavy atom. The molecule has 0 saturated carbocycles. The summed E-state index contributed by atoms with van der Waals surface area (Å²) in [5.74, 6) is 0.340. The molecule has 0 aliphatic heterocycles. The minimum Gasteiger partial charge on any atom is -0.467 e. The largest absolute Gasteiger partial charge is 0.467 e. The van der Waals surface area contributed by atoms with Crippen molar-refractivity contribution in [1.29, 1.82) is 0 Å². The van der Waals surface area contributed by atoms with Gasteiger partial charge in [-0.15, -0.1) is 0 Å². The van der Waals surface area contributed by atoms with Gasteiger partial charge in [0.15, 0.2) is 6.79 Å². The Labute approximate surface area is 97.5 Å². The van der Waals surface area contributed by atoms with Gasteiger partial charge in [-0.3, -0.25) is 0 Å². The molecule has 84 valence electrons. The summed E-state index contributed by atoms with van der Waals surface area (Å²) in [4.78, 5) is 0. The fraction of sp³-hybridized carbons (Fsp3) is 0.455. The van der Waals surface area contributed by atoms with E-state index in [9.17, 15) is 4.39 Å². The topological polar surface area (TPSA) is 18.5 Å². The van der Waals surface area contributed by atoms with Crippen LogP contribution in [-0.2, 0) is 4.74 Å². The summed E-state index contributed by atoms with van der Waals surface area (Å²) in [6.45, 7) is 4.00. The molecule has 0 amide bonds. The molecule has 0 spiro atoms. The van der Waals surface area contributed by atoms with Crippen LogP contribution in [0.3, 0.4) is 0 Å². The molecule has 0 aliphatic carbocycles. The van der Waals surface area contributed by atoms with Gasteiger partial charge in [-0.2, -0.15) is 0 Å². The summed E-state index contributed by atoms with van der Waals surface area (Å²) >= 11 is 3.33. The molecule has 0 N–H and O–H groups in total. The van der Waals surface area contributed by atoms with E-state index in [-0.39, 0.29) is 18.5 Å². The van der Waals surface area contributed by atoms with E-state index in [1.165, 1.54) is 13.2 Å². The molecule has 1 aromatic carbocycles. The molecule has 2 nitrogen and oxygen atoms in total. The van der Waals surface area contributed by atoms with Gasteiger partial charge in [-0.25, -0.2) is 4.39 Å². The normalized spacial score (nSPS) is 10.8. The molecule has 0 aromatic heterocycles. The van der Waals surface area contributed by atoms with E-state index < -0.39 is 0 Å². The fourth-order valence-corrected chi connectivity index (χ4v) is 2.20. The van der Waals surface area contributed by atoms with Crippen LogP contribution in [0.15, 0.2) is 16.6 Å². The maximum absolute atomic E-state index is 13.6. The summed E-state index contributed by atoms with van der Waals surface area (Å²) in [6.07, 6.45) is 0. The van der Waals surface area contributed by atoms with Crippen molar-refractivity contribution in [2.75, 3.05) is 13.9 Å². The predicted molar refractivity (Wildman–Crippen MR) is 60.7 cm³/mol. The van der Waals surface area contributed by atoms with E-state index in [4.69, 9.17) is 9.47 Å². The molecule has 0 heterocycles. The first-order valence-electron chi connectivity index (χ1n) is 4.67. The third kappa shape index (κ3) is 3.18. The first-order chi connectivity index (χ1) is 7.06. The van der Waals surface area contributed by atoms with Crippen LogP contribution < -0.4 is 4.74 Å². The van der Waals surface area contributed by atoms with Crippen molar-refractivity contribution in [2.45, 2.75) is 19.8 Å². The van der Waals surface area contributed by atoms with Gasteiger partial charge in [0.05, 0.1) is 0 Å². The minimum atomic E-state index is -0.259. The molecular weight excluding hydrogens is 263 g/mol. The Balaban J connectivity index is 2.97. The van der Waals surface area contributed by atoms with Crippen LogP contribution >= 0.6 is 15.9 Å². The van der Waals surface area contributed by atoms with E-state index >= 15 is 0 Å². The van der Waals surface area contributed by atoms with Crippen LogP contribution in [0.5, 0.6) is 5.75 Å². The Morgan fingerprint density at radius 2 is 2.07 bits per heavy atom. The van der Waals surface area contributed by atoms with E-state index in [1.807, 2.05) is 13.8 Å². The van der Waals surface area contributed by atoms with Gasteiger partial charge in [-0.1, -0.05) is 29.8 Å². The molecule has 0 fully saturated rings. The Hall–Kier alpha value is -0.610. The Morgan fingerprint density at radius 3 is 2.53 bits per heavy atom. The number of benzene rings is 1. The Bertz CT molecular complexity index is 316. The molecule has 4 heteroatoms. The number of rotatable bonds is 4. The van der Waals surface area contributed by atoms with Crippen LogP contribution in [0.25, 0.3) is 0 Å². The maximum Gasteiger partial charge on any atom is 0.188 e. The molecule has 0 unspecified atom stereocenters. The lowest BCUT2D eigenvalue weighted by Gasteiger charge is -2.12. The SMILES string of the molecule is COCOc1cc(F)c(C(C)C)c(Br)c1. The van der Waals surface area contributed by atoms with Gasteiger partial charge >= 0.3 is 0 Å². The van der Waals surface area contributed by atoms with E-state index in [0.717, 1.165) is 4.47 Å². The van der Waals surface area contributed by atoms with Crippen LogP contribution in [0.1, 0.15) is 25.3 Å². The van der Waals surface area contributed by atoms with Crippen molar-refractivity contribution < 1.29 is 13.9 Å². The molecule has 15 heavy (non-hydrogen) atoms. The van der Waals surface area contributed by atoms with Gasteiger partial charge in [0.25, 0.3) is 0 Å². The van der Waals surface area contributed by atoms with Gasteiger partial charge in [0.1, 0.15) is 11.6 Å². The number of methoxy groups -OCH3 is 1. The van der Waals surface area contributed by atoms with Crippen molar-refractivity contribution in [3.8, 4) is 5.75 Å². The lowest BCUT2D eigenvalue weighted by atomic mass is 10.0. The highest BCUT2D eigenvalue weighted by Crippen LogP contribution is 2.31. The summed E-state index contributed by atoms with van der Waals surface area (Å²) in [5.41, 5.74) is 0.666. The molecular formula is C11H14BrFO2. The fourth-order valence-electron chi connectivity index (χ4n) is 1.32. The van der Waals surface area contributed by atoms with Crippen LogP contribution in [0, 0.1) is 5.82 Å². The molecule has 0 saturated heterocycles. The summed E-state index contributed by atoms with van der Waals surface area (Å²) < 4.78 is 24.3. The number of halogens is 2. The zero-order valence-corrected chi connectivity index (χ0v) is 10.6. The van der Waals surface area contributed by atoms with Gasteiger partial charge in [0, 0.05) is 23.2 Å². The van der Waals surface area contributed by atoms with Crippen LogP contribution in [0.4, 0.5) is 4.39 Å². The highest BCUT2D eigenvalue weighted by atomic mass is 79.9. The third-order valence-electron chi connectivity index (χ3n) is 1.97. The van der Waals surface area contributed by atoms with E-state index in [2.05, 4.69) is 15.9 Å². The number of hydrogen-bond acceptors (Lipinski definition) is 2. The lowest BCUT2D eigenvalue weighted by Crippen LogP contribution is -2.01. The second-order valence-corrected chi connectivity index (χ2v) is 4.36. The maximum atomic E-state index is 13.6. The lowest BCUT2D eigenvalue weighted by molar-refractivity contribution is 0.0508. The van der Waals surface area contributed by atoms with Crippen molar-refractivity contribution in [1.82, 2.24) is 0 Å². The predicted octanol–water partition coefficient (Wildman–Crippen LogP) is 3.69. The van der Waals surface area contributed by atoms with Crippen molar-refractivity contribution in [3.05, 3.63) is 28.0 Å². The average Bonchev–Trinajstić information content (AvgIpc) is 2.12. The van der Waals surface area contributed by atoms with E-state index in [0.29, 0.717) is 11.3 Å². The molecule has 1 aromatic rings. The molecule has 0 bridgehead atoms. The Kier molecular flexibility index (Phi) is 4.54. The quantitative estimate of drug-likeness (QED) is 0.781. The first-order valence-corrected chi connectivity index (χ1v) is 5.46. The summed E-state index contributed by atoms with van der Waals surface area (Å²) in [5, 5.41) is 0. The van der Waals surface area contributed by atoms with E-state index in [1.54, 1.807) is 6.07 Å². The second kappa shape index (κ2) is 5.47. The van der Waals surface area contributed by atoms with Crippen molar-refractivity contribution in [2.24, 2.45) is 0 Å². The molecule has 1 rings (SSSR count). The summed E-state index contributed by atoms with van der Waals surface area (Å²) in [6, 6.07) is 3.12. The zero-order valence-electron chi connectivity index (χ0n) is 9.01. The molecule has 0 aliphatic rings. The smallest absolute Gasteiger partial charge is 0.188 e. The first kappa shape index (κ1) is 12.5. The number of hydrogen-bond donors (Lipinski definition) is 0. The van der Waals surface area contributed by atoms with Crippen molar-refractivity contribution >= 4 is 15.9 Å². The highest BCUT2D eigenvalue weighted by molar-refractivity contribution is 9.10. The monoisotopic (exact) mass is 276 g/mol. The molecule has 0 atom stereocenters. The van der Waals surface area contributed by atoms with Gasteiger partial charge in [0.2, 0.25) is 0 Å². The van der Waals surface area contributed by atoms with Crippen LogP contribution in [0.2, 0.25) is 0 Å². The van der Waals surface area contributed by atoms with Crippen LogP contribution in [-0.4, -0.2) is 13.9 Å². The second-order valence-electron chi connectivity index (χ2n) is 3.51.